The fourth-order valence-electron chi connectivity index (χ4n) is 1.51. The molecule has 1 N–H and O–H groups in total. The van der Waals surface area contributed by atoms with Gasteiger partial charge in [-0.2, -0.15) is 0 Å². The van der Waals surface area contributed by atoms with Gasteiger partial charge < -0.3 is 5.11 Å². The zero-order valence-corrected chi connectivity index (χ0v) is 12.9. The first-order chi connectivity index (χ1) is 9.06. The fraction of sp³-hybridized carbons (Fsp3) is 0.0714. The molecule has 0 saturated carbocycles. The molecule has 19 heavy (non-hydrogen) atoms. The summed E-state index contributed by atoms with van der Waals surface area (Å²) in [4.78, 5) is 11.9. The van der Waals surface area contributed by atoms with Gasteiger partial charge in [0.2, 0.25) is 0 Å². The van der Waals surface area contributed by atoms with E-state index in [-0.39, 0.29) is 5.56 Å². The van der Waals surface area contributed by atoms with E-state index in [0.29, 0.717) is 4.47 Å². The van der Waals surface area contributed by atoms with E-state index in [1.54, 1.807) is 17.8 Å². The van der Waals surface area contributed by atoms with E-state index in [1.165, 1.54) is 5.56 Å². The fourth-order valence-corrected chi connectivity index (χ4v) is 3.22. The normalized spacial score (nSPS) is 10.4. The van der Waals surface area contributed by atoms with Gasteiger partial charge in [0.1, 0.15) is 0 Å². The zero-order valence-electron chi connectivity index (χ0n) is 9.77. The van der Waals surface area contributed by atoms with E-state index in [0.717, 1.165) is 15.7 Å². The molecular weight excluding hydrogens is 348 g/mol. The van der Waals surface area contributed by atoms with Crippen molar-refractivity contribution in [2.45, 2.75) is 10.6 Å². The summed E-state index contributed by atoms with van der Waals surface area (Å²) in [6.45, 7) is 0. The van der Waals surface area contributed by atoms with Gasteiger partial charge >= 0.3 is 5.97 Å². The van der Waals surface area contributed by atoms with Gasteiger partial charge in [0.05, 0.1) is 5.56 Å². The van der Waals surface area contributed by atoms with E-state index >= 15 is 0 Å². The topological polar surface area (TPSA) is 37.3 Å². The molecule has 5 heteroatoms. The van der Waals surface area contributed by atoms with Crippen molar-refractivity contribution in [2.75, 3.05) is 0 Å². The molecule has 2 aromatic carbocycles. The standard InChI is InChI=1S/C14H10BrClO2S/c15-13-7-11(5-6-12(13)14(17)18)19-8-9-1-3-10(16)4-2-9/h1-7H,8H2,(H,17,18). The van der Waals surface area contributed by atoms with Gasteiger partial charge in [-0.15, -0.1) is 11.8 Å². The summed E-state index contributed by atoms with van der Waals surface area (Å²) in [6.07, 6.45) is 0. The highest BCUT2D eigenvalue weighted by molar-refractivity contribution is 9.10. The summed E-state index contributed by atoms with van der Waals surface area (Å²) in [5.41, 5.74) is 1.45. The molecule has 98 valence electrons. The highest BCUT2D eigenvalue weighted by Gasteiger charge is 2.08. The maximum atomic E-state index is 10.9. The van der Waals surface area contributed by atoms with E-state index < -0.39 is 5.97 Å². The van der Waals surface area contributed by atoms with E-state index in [1.807, 2.05) is 36.4 Å². The second-order valence-corrected chi connectivity index (χ2v) is 6.20. The Morgan fingerprint density at radius 1 is 1.21 bits per heavy atom. The van der Waals surface area contributed by atoms with Crippen molar-refractivity contribution < 1.29 is 9.90 Å². The summed E-state index contributed by atoms with van der Waals surface area (Å²) in [5.74, 6) is -0.114. The molecule has 0 bridgehead atoms. The van der Waals surface area contributed by atoms with Crippen LogP contribution in [-0.4, -0.2) is 11.1 Å². The summed E-state index contributed by atoms with van der Waals surface area (Å²) >= 11 is 10.7. The van der Waals surface area contributed by atoms with Crippen LogP contribution in [0.3, 0.4) is 0 Å². The monoisotopic (exact) mass is 356 g/mol. The Balaban J connectivity index is 2.06. The van der Waals surface area contributed by atoms with Crippen LogP contribution in [0.1, 0.15) is 15.9 Å². The molecule has 2 rings (SSSR count). The number of carboxylic acid groups (broad SMARTS) is 1. The summed E-state index contributed by atoms with van der Waals surface area (Å²) in [5, 5.41) is 9.67. The van der Waals surface area contributed by atoms with Crippen LogP contribution in [0.4, 0.5) is 0 Å². The summed E-state index contributed by atoms with van der Waals surface area (Å²) in [6, 6.07) is 12.9. The second-order valence-electron chi connectivity index (χ2n) is 3.86. The Hall–Kier alpha value is -0.970. The van der Waals surface area contributed by atoms with Gasteiger partial charge in [0.15, 0.2) is 0 Å². The van der Waals surface area contributed by atoms with Crippen molar-refractivity contribution in [2.24, 2.45) is 0 Å². The van der Waals surface area contributed by atoms with Crippen LogP contribution in [0.5, 0.6) is 0 Å². The van der Waals surface area contributed by atoms with Crippen molar-refractivity contribution in [1.29, 1.82) is 0 Å². The molecule has 0 amide bonds. The van der Waals surface area contributed by atoms with Crippen LogP contribution in [0, 0.1) is 0 Å². The molecule has 2 nitrogen and oxygen atoms in total. The third kappa shape index (κ3) is 4.00. The maximum Gasteiger partial charge on any atom is 0.336 e. The van der Waals surface area contributed by atoms with E-state index in [4.69, 9.17) is 16.7 Å². The van der Waals surface area contributed by atoms with Gasteiger partial charge in [-0.25, -0.2) is 4.79 Å². The molecule has 0 saturated heterocycles. The number of hydrogen-bond donors (Lipinski definition) is 1. The minimum Gasteiger partial charge on any atom is -0.478 e. The van der Waals surface area contributed by atoms with Gasteiger partial charge in [-0.1, -0.05) is 23.7 Å². The van der Waals surface area contributed by atoms with Crippen LogP contribution in [0.2, 0.25) is 5.02 Å². The SMILES string of the molecule is O=C(O)c1ccc(SCc2ccc(Cl)cc2)cc1Br. The highest BCUT2D eigenvalue weighted by atomic mass is 79.9. The van der Waals surface area contributed by atoms with E-state index in [9.17, 15) is 4.79 Å². The molecule has 0 aromatic heterocycles. The number of thioether (sulfide) groups is 1. The zero-order chi connectivity index (χ0) is 13.8. The quantitative estimate of drug-likeness (QED) is 0.774. The molecule has 0 fully saturated rings. The van der Waals surface area contributed by atoms with Crippen molar-refractivity contribution in [3.63, 3.8) is 0 Å². The molecule has 2 aromatic rings. The highest BCUT2D eigenvalue weighted by Crippen LogP contribution is 2.28. The Morgan fingerprint density at radius 3 is 2.47 bits per heavy atom. The summed E-state index contributed by atoms with van der Waals surface area (Å²) in [7, 11) is 0. The Labute approximate surface area is 128 Å². The Morgan fingerprint density at radius 2 is 1.89 bits per heavy atom. The molecule has 0 radical (unpaired) electrons. The smallest absolute Gasteiger partial charge is 0.336 e. The average molecular weight is 358 g/mol. The summed E-state index contributed by atoms with van der Waals surface area (Å²) < 4.78 is 0.598. The second kappa shape index (κ2) is 6.46. The van der Waals surface area contributed by atoms with E-state index in [2.05, 4.69) is 15.9 Å². The van der Waals surface area contributed by atoms with Crippen LogP contribution in [0.25, 0.3) is 0 Å². The van der Waals surface area contributed by atoms with Crippen LogP contribution < -0.4 is 0 Å². The predicted molar refractivity (Wildman–Crippen MR) is 82.1 cm³/mol. The molecular formula is C14H10BrClO2S. The van der Waals surface area contributed by atoms with Crippen LogP contribution in [-0.2, 0) is 5.75 Å². The molecule has 0 spiro atoms. The van der Waals surface area contributed by atoms with Crippen molar-refractivity contribution in [3.05, 3.63) is 63.1 Å². The molecule has 0 heterocycles. The number of halogens is 2. The third-order valence-electron chi connectivity index (χ3n) is 2.49. The molecule has 0 unspecified atom stereocenters. The lowest BCUT2D eigenvalue weighted by atomic mass is 10.2. The Kier molecular flexibility index (Phi) is 4.91. The van der Waals surface area contributed by atoms with Crippen LogP contribution in [0.15, 0.2) is 51.8 Å². The lowest BCUT2D eigenvalue weighted by molar-refractivity contribution is 0.0696. The largest absolute Gasteiger partial charge is 0.478 e. The number of carbonyl (C=O) groups is 1. The van der Waals surface area contributed by atoms with Crippen molar-refractivity contribution in [3.8, 4) is 0 Å². The molecule has 0 atom stereocenters. The number of benzene rings is 2. The average Bonchev–Trinajstić information content (AvgIpc) is 2.37. The first kappa shape index (κ1) is 14.4. The Bertz CT molecular complexity index is 599. The molecule has 0 aliphatic carbocycles. The first-order valence-corrected chi connectivity index (χ1v) is 7.62. The number of carboxylic acids is 1. The predicted octanol–water partition coefficient (Wildman–Crippen LogP) is 5.09. The number of aromatic carboxylic acids is 1. The van der Waals surface area contributed by atoms with Gasteiger partial charge in [-0.05, 0) is 51.8 Å². The molecule has 0 aliphatic heterocycles. The van der Waals surface area contributed by atoms with Crippen molar-refractivity contribution in [1.82, 2.24) is 0 Å². The minimum absolute atomic E-state index is 0.274. The maximum absolute atomic E-state index is 10.9. The number of rotatable bonds is 4. The first-order valence-electron chi connectivity index (χ1n) is 5.46. The lowest BCUT2D eigenvalue weighted by Gasteiger charge is -2.05. The number of hydrogen-bond acceptors (Lipinski definition) is 2. The van der Waals surface area contributed by atoms with Gasteiger partial charge in [-0.3, -0.25) is 0 Å². The van der Waals surface area contributed by atoms with Gasteiger partial charge in [0, 0.05) is 20.1 Å². The van der Waals surface area contributed by atoms with Crippen LogP contribution >= 0.6 is 39.3 Å². The molecule has 0 aliphatic rings. The van der Waals surface area contributed by atoms with Gasteiger partial charge in [0.25, 0.3) is 0 Å². The lowest BCUT2D eigenvalue weighted by Crippen LogP contribution is -1.97. The minimum atomic E-state index is -0.930. The van der Waals surface area contributed by atoms with Crippen molar-refractivity contribution >= 4 is 45.3 Å². The third-order valence-corrected chi connectivity index (χ3v) is 4.46.